The van der Waals surface area contributed by atoms with E-state index in [1.807, 2.05) is 0 Å². The molecule has 0 aromatic heterocycles. The van der Waals surface area contributed by atoms with E-state index in [4.69, 9.17) is 20.1 Å². The van der Waals surface area contributed by atoms with Gasteiger partial charge in [0.1, 0.15) is 6.04 Å². The number of carboxylic acid groups (broad SMARTS) is 1. The van der Waals surface area contributed by atoms with Gasteiger partial charge in [0.15, 0.2) is 0 Å². The van der Waals surface area contributed by atoms with Crippen LogP contribution in [0.4, 0.5) is 0 Å². The molecule has 10 heteroatoms. The van der Waals surface area contributed by atoms with Gasteiger partial charge in [0, 0.05) is 39.0 Å². The van der Waals surface area contributed by atoms with Crippen LogP contribution in [-0.2, 0) is 23.9 Å². The molecule has 32 heavy (non-hydrogen) atoms. The molecule has 10 nitrogen and oxygen atoms in total. The van der Waals surface area contributed by atoms with Crippen LogP contribution in [0.5, 0.6) is 0 Å². The zero-order valence-electron chi connectivity index (χ0n) is 19.0. The largest absolute Gasteiger partial charge is 0.481 e. The summed E-state index contributed by atoms with van der Waals surface area (Å²) in [5.41, 5.74) is 0. The lowest BCUT2D eigenvalue weighted by Crippen LogP contribution is -2.42. The van der Waals surface area contributed by atoms with Crippen molar-refractivity contribution in [2.24, 2.45) is 0 Å². The normalized spacial score (nSPS) is 11.6. The lowest BCUT2D eigenvalue weighted by Gasteiger charge is -2.18. The number of carboxylic acids is 1. The van der Waals surface area contributed by atoms with Crippen LogP contribution < -0.4 is 10.6 Å². The summed E-state index contributed by atoms with van der Waals surface area (Å²) in [5, 5.41) is 31.6. The highest BCUT2D eigenvalue weighted by Crippen LogP contribution is 2.06. The topological polar surface area (TPSA) is 162 Å². The molecule has 0 aliphatic heterocycles. The molecule has 0 aliphatic carbocycles. The molecule has 0 heterocycles. The van der Waals surface area contributed by atoms with Gasteiger partial charge in [-0.3, -0.25) is 14.4 Å². The molecule has 0 spiro atoms. The first kappa shape index (κ1) is 29.8. The van der Waals surface area contributed by atoms with E-state index in [0.29, 0.717) is 70.8 Å². The van der Waals surface area contributed by atoms with E-state index in [1.54, 1.807) is 0 Å². The number of ether oxygens (including phenoxy) is 1. The van der Waals surface area contributed by atoms with Crippen LogP contribution in [0.2, 0.25) is 0 Å². The maximum atomic E-state index is 12.4. The molecule has 0 saturated heterocycles. The van der Waals surface area contributed by atoms with Gasteiger partial charge in [0.05, 0.1) is 6.61 Å². The van der Waals surface area contributed by atoms with Gasteiger partial charge in [-0.05, 0) is 57.8 Å². The maximum absolute atomic E-state index is 12.4. The molecular weight excluding hydrogens is 420 g/mol. The van der Waals surface area contributed by atoms with Crippen LogP contribution in [0.1, 0.15) is 83.5 Å². The van der Waals surface area contributed by atoms with Crippen molar-refractivity contribution in [3.63, 3.8) is 0 Å². The summed E-state index contributed by atoms with van der Waals surface area (Å²) >= 11 is 0. The van der Waals surface area contributed by atoms with Crippen LogP contribution in [0.25, 0.3) is 0 Å². The second-order valence-electron chi connectivity index (χ2n) is 7.70. The number of rotatable bonds is 21. The molecular formula is C22H40N2O8. The summed E-state index contributed by atoms with van der Waals surface area (Å²) in [6.45, 7) is 0.650. The number of aliphatic hydroxyl groups excluding tert-OH is 2. The molecule has 0 bridgehead atoms. The fourth-order valence-corrected chi connectivity index (χ4v) is 2.94. The Morgan fingerprint density at radius 1 is 0.719 bits per heavy atom. The fraction of sp³-hybridized carbons (Fsp3) is 0.818. The first-order valence-electron chi connectivity index (χ1n) is 11.6. The third-order valence-corrected chi connectivity index (χ3v) is 4.76. The highest BCUT2D eigenvalue weighted by molar-refractivity contribution is 5.84. The van der Waals surface area contributed by atoms with E-state index in [0.717, 1.165) is 6.42 Å². The van der Waals surface area contributed by atoms with Crippen molar-refractivity contribution in [1.29, 1.82) is 0 Å². The molecule has 0 aromatic rings. The number of hydrogen-bond acceptors (Lipinski definition) is 7. The van der Waals surface area contributed by atoms with Gasteiger partial charge >= 0.3 is 11.9 Å². The summed E-state index contributed by atoms with van der Waals surface area (Å²) in [7, 11) is 0. The highest BCUT2D eigenvalue weighted by Gasteiger charge is 2.22. The minimum atomic E-state index is -0.857. The number of hydrogen-bond donors (Lipinski definition) is 5. The average Bonchev–Trinajstić information content (AvgIpc) is 2.75. The minimum Gasteiger partial charge on any atom is -0.481 e. The van der Waals surface area contributed by atoms with Crippen LogP contribution in [-0.4, -0.2) is 71.5 Å². The van der Waals surface area contributed by atoms with Crippen molar-refractivity contribution in [3.05, 3.63) is 0 Å². The number of carbonyl (C=O) groups is 4. The predicted molar refractivity (Wildman–Crippen MR) is 118 cm³/mol. The van der Waals surface area contributed by atoms with Crippen LogP contribution >= 0.6 is 0 Å². The number of aliphatic carboxylic acids is 1. The Morgan fingerprint density at radius 2 is 1.31 bits per heavy atom. The van der Waals surface area contributed by atoms with Crippen molar-refractivity contribution in [1.82, 2.24) is 10.6 Å². The third-order valence-electron chi connectivity index (χ3n) is 4.76. The van der Waals surface area contributed by atoms with Gasteiger partial charge in [-0.2, -0.15) is 0 Å². The standard InChI is InChI=1S/C22H40N2O8/c25-15-6-1-3-12-20(28)24-18(10-9-14-23-19(27)11-5-7-16-26)22(31)32-17-8-2-4-13-21(29)30/h18,25-26H,1-17H2,(H,23,27)(H,24,28)(H,29,30)/t18-/m1/s1. The molecule has 1 atom stereocenters. The molecule has 0 unspecified atom stereocenters. The van der Waals surface area contributed by atoms with E-state index >= 15 is 0 Å². The summed E-state index contributed by atoms with van der Waals surface area (Å²) in [6, 6.07) is -0.814. The van der Waals surface area contributed by atoms with E-state index in [9.17, 15) is 19.2 Å². The number of amides is 2. The maximum Gasteiger partial charge on any atom is 0.328 e. The summed E-state index contributed by atoms with van der Waals surface area (Å²) in [4.78, 5) is 46.8. The van der Waals surface area contributed by atoms with Crippen molar-refractivity contribution in [2.75, 3.05) is 26.4 Å². The smallest absolute Gasteiger partial charge is 0.328 e. The first-order chi connectivity index (χ1) is 15.4. The van der Waals surface area contributed by atoms with Crippen molar-refractivity contribution >= 4 is 23.8 Å². The Hall–Kier alpha value is -2.20. The quantitative estimate of drug-likeness (QED) is 0.126. The molecule has 0 saturated carbocycles. The summed E-state index contributed by atoms with van der Waals surface area (Å²) in [6.07, 6.45) is 6.28. The second-order valence-corrected chi connectivity index (χ2v) is 7.70. The van der Waals surface area contributed by atoms with Crippen molar-refractivity contribution in [3.8, 4) is 0 Å². The molecule has 0 fully saturated rings. The lowest BCUT2D eigenvalue weighted by molar-refractivity contribution is -0.148. The first-order valence-corrected chi connectivity index (χ1v) is 11.6. The van der Waals surface area contributed by atoms with Crippen LogP contribution in [0.15, 0.2) is 0 Å². The van der Waals surface area contributed by atoms with Gasteiger partial charge in [-0.1, -0.05) is 6.42 Å². The second kappa shape index (κ2) is 20.7. The minimum absolute atomic E-state index is 0.0519. The molecule has 0 radical (unpaired) electrons. The summed E-state index contributed by atoms with van der Waals surface area (Å²) in [5.74, 6) is -1.78. The fourth-order valence-electron chi connectivity index (χ4n) is 2.94. The monoisotopic (exact) mass is 460 g/mol. The van der Waals surface area contributed by atoms with Gasteiger partial charge in [-0.25, -0.2) is 4.79 Å². The highest BCUT2D eigenvalue weighted by atomic mass is 16.5. The average molecular weight is 461 g/mol. The Labute approximate surface area is 190 Å². The van der Waals surface area contributed by atoms with E-state index in [2.05, 4.69) is 10.6 Å². The summed E-state index contributed by atoms with van der Waals surface area (Å²) < 4.78 is 5.25. The lowest BCUT2D eigenvalue weighted by atomic mass is 10.1. The zero-order chi connectivity index (χ0) is 24.0. The Bertz CT molecular complexity index is 542. The predicted octanol–water partition coefficient (Wildman–Crippen LogP) is 1.27. The van der Waals surface area contributed by atoms with E-state index in [1.165, 1.54) is 0 Å². The molecule has 5 N–H and O–H groups in total. The number of unbranched alkanes of at least 4 members (excludes halogenated alkanes) is 5. The molecule has 2 amide bonds. The van der Waals surface area contributed by atoms with E-state index in [-0.39, 0.29) is 44.5 Å². The zero-order valence-corrected chi connectivity index (χ0v) is 19.0. The van der Waals surface area contributed by atoms with Crippen molar-refractivity contribution < 1.29 is 39.2 Å². The van der Waals surface area contributed by atoms with Crippen LogP contribution in [0.3, 0.4) is 0 Å². The molecule has 0 rings (SSSR count). The number of nitrogens with one attached hydrogen (secondary N) is 2. The molecule has 0 aliphatic rings. The number of carbonyl (C=O) groups excluding carboxylic acids is 3. The Kier molecular flexibility index (Phi) is 19.3. The molecule has 0 aromatic carbocycles. The number of esters is 1. The third kappa shape index (κ3) is 18.6. The SMILES string of the molecule is O=C(O)CCCCCOC(=O)[C@@H](CCCNC(=O)CCCCO)NC(=O)CCCCCO. The van der Waals surface area contributed by atoms with E-state index < -0.39 is 18.0 Å². The van der Waals surface area contributed by atoms with Gasteiger partial charge in [0.2, 0.25) is 11.8 Å². The Balaban J connectivity index is 4.39. The van der Waals surface area contributed by atoms with Gasteiger partial charge in [-0.15, -0.1) is 0 Å². The van der Waals surface area contributed by atoms with Gasteiger partial charge < -0.3 is 30.7 Å². The molecule has 186 valence electrons. The number of aliphatic hydroxyl groups is 2. The van der Waals surface area contributed by atoms with Crippen molar-refractivity contribution in [2.45, 2.75) is 89.5 Å². The Morgan fingerprint density at radius 3 is 2.00 bits per heavy atom. The van der Waals surface area contributed by atoms with Crippen LogP contribution in [0, 0.1) is 0 Å². The van der Waals surface area contributed by atoms with Gasteiger partial charge in [0.25, 0.3) is 0 Å².